The lowest BCUT2D eigenvalue weighted by Gasteiger charge is -2.38. The van der Waals surface area contributed by atoms with E-state index in [0.717, 1.165) is 38.8 Å². The van der Waals surface area contributed by atoms with Gasteiger partial charge >= 0.3 is 0 Å². The van der Waals surface area contributed by atoms with E-state index in [2.05, 4.69) is 4.90 Å². The molecule has 0 bridgehead atoms. The molecule has 0 aromatic carbocycles. The molecular weight excluding hydrogens is 179 g/mol. The molecule has 84 valence electrons. The molecule has 1 aliphatic carbocycles. The number of hydrogen-bond donors (Lipinski definition) is 0. The summed E-state index contributed by atoms with van der Waals surface area (Å²) in [6, 6.07) is 0. The summed E-state index contributed by atoms with van der Waals surface area (Å²) in [6.45, 7) is 1.76. The Morgan fingerprint density at radius 3 is 2.07 bits per heavy atom. The lowest BCUT2D eigenvalue weighted by atomic mass is 9.92. The second kappa shape index (κ2) is 5.08. The van der Waals surface area contributed by atoms with E-state index in [4.69, 9.17) is 0 Å². The van der Waals surface area contributed by atoms with Crippen molar-refractivity contribution in [2.45, 2.75) is 37.9 Å². The highest BCUT2D eigenvalue weighted by atomic mass is 19.1. The zero-order chi connectivity index (χ0) is 10.6. The molecule has 1 fully saturated rings. The van der Waals surface area contributed by atoms with Crippen molar-refractivity contribution in [3.05, 3.63) is 0 Å². The Balaban J connectivity index is 2.36. The molecule has 0 aromatic rings. The molecule has 14 heavy (non-hydrogen) atoms. The monoisotopic (exact) mass is 202 g/mol. The molecule has 0 atom stereocenters. The van der Waals surface area contributed by atoms with Crippen LogP contribution in [0.2, 0.25) is 0 Å². The van der Waals surface area contributed by atoms with Gasteiger partial charge in [-0.2, -0.15) is 0 Å². The van der Waals surface area contributed by atoms with E-state index >= 15 is 0 Å². The first kappa shape index (κ1) is 11.9. The lowest BCUT2D eigenvalue weighted by molar-refractivity contribution is -0.0490. The quantitative estimate of drug-likeness (QED) is 0.644. The van der Waals surface area contributed by atoms with Crippen molar-refractivity contribution in [3.63, 3.8) is 0 Å². The Bertz CT molecular complexity index is 165. The van der Waals surface area contributed by atoms with Gasteiger partial charge in [0.1, 0.15) is 0 Å². The fourth-order valence-corrected chi connectivity index (χ4v) is 2.03. The maximum absolute atomic E-state index is 14.3. The van der Waals surface area contributed by atoms with Gasteiger partial charge in [-0.1, -0.05) is 6.42 Å². The predicted octanol–water partition coefficient (Wildman–Crippen LogP) is 2.11. The molecule has 0 heterocycles. The fourth-order valence-electron chi connectivity index (χ4n) is 2.03. The minimum absolute atomic E-state index is 0.719. The molecule has 0 aromatic heterocycles. The number of nitrogens with zero attached hydrogens (tertiary/aromatic N) is 2. The van der Waals surface area contributed by atoms with Gasteiger partial charge in [-0.15, -0.1) is 0 Å². The van der Waals surface area contributed by atoms with Crippen molar-refractivity contribution >= 4 is 0 Å². The zero-order valence-corrected chi connectivity index (χ0v) is 9.72. The molecule has 2 nitrogen and oxygen atoms in total. The van der Waals surface area contributed by atoms with E-state index in [-0.39, 0.29) is 0 Å². The Hall–Kier alpha value is -0.150. The zero-order valence-electron chi connectivity index (χ0n) is 9.72. The van der Waals surface area contributed by atoms with Crippen LogP contribution >= 0.6 is 0 Å². The molecule has 0 N–H and O–H groups in total. The Morgan fingerprint density at radius 2 is 1.57 bits per heavy atom. The van der Waals surface area contributed by atoms with Crippen LogP contribution in [0.25, 0.3) is 0 Å². The minimum Gasteiger partial charge on any atom is -0.308 e. The van der Waals surface area contributed by atoms with Crippen molar-refractivity contribution in [1.82, 2.24) is 9.80 Å². The highest BCUT2D eigenvalue weighted by molar-refractivity contribution is 4.81. The van der Waals surface area contributed by atoms with Crippen LogP contribution < -0.4 is 0 Å². The third kappa shape index (κ3) is 3.21. The van der Waals surface area contributed by atoms with Crippen molar-refractivity contribution in [1.29, 1.82) is 0 Å². The van der Waals surface area contributed by atoms with Crippen molar-refractivity contribution in [2.75, 3.05) is 34.2 Å². The topological polar surface area (TPSA) is 6.48 Å². The van der Waals surface area contributed by atoms with Crippen LogP contribution in [0.3, 0.4) is 0 Å². The largest absolute Gasteiger partial charge is 0.308 e. The third-order valence-corrected chi connectivity index (χ3v) is 3.19. The molecule has 1 aliphatic rings. The average Bonchev–Trinajstić information content (AvgIpc) is 2.15. The molecule has 0 spiro atoms. The van der Waals surface area contributed by atoms with Crippen LogP contribution in [0.5, 0.6) is 0 Å². The maximum Gasteiger partial charge on any atom is 0.163 e. The SMILES string of the molecule is CN(C)CCN(C)C1(F)CCCCC1. The average molecular weight is 202 g/mol. The van der Waals surface area contributed by atoms with Crippen molar-refractivity contribution in [2.24, 2.45) is 0 Å². The van der Waals surface area contributed by atoms with Gasteiger partial charge in [-0.25, -0.2) is 4.39 Å². The predicted molar refractivity (Wildman–Crippen MR) is 58.1 cm³/mol. The van der Waals surface area contributed by atoms with E-state index in [9.17, 15) is 4.39 Å². The van der Waals surface area contributed by atoms with Gasteiger partial charge in [-0.3, -0.25) is 4.90 Å². The maximum atomic E-state index is 14.3. The summed E-state index contributed by atoms with van der Waals surface area (Å²) in [5.41, 5.74) is 0. The van der Waals surface area contributed by atoms with Gasteiger partial charge in [-0.05, 0) is 46.8 Å². The van der Waals surface area contributed by atoms with Gasteiger partial charge < -0.3 is 4.90 Å². The second-order valence-corrected chi connectivity index (χ2v) is 4.70. The van der Waals surface area contributed by atoms with E-state index < -0.39 is 5.79 Å². The normalized spacial score (nSPS) is 21.9. The van der Waals surface area contributed by atoms with E-state index in [1.165, 1.54) is 6.42 Å². The van der Waals surface area contributed by atoms with Crippen molar-refractivity contribution in [3.8, 4) is 0 Å². The van der Waals surface area contributed by atoms with E-state index in [0.29, 0.717) is 0 Å². The van der Waals surface area contributed by atoms with E-state index in [1.54, 1.807) is 0 Å². The molecule has 0 amide bonds. The van der Waals surface area contributed by atoms with Gasteiger partial charge in [0, 0.05) is 13.1 Å². The van der Waals surface area contributed by atoms with Crippen LogP contribution in [0.1, 0.15) is 32.1 Å². The highest BCUT2D eigenvalue weighted by Crippen LogP contribution is 2.33. The van der Waals surface area contributed by atoms with E-state index in [1.807, 2.05) is 26.0 Å². The summed E-state index contributed by atoms with van der Waals surface area (Å²) in [5.74, 6) is -1.02. The summed E-state index contributed by atoms with van der Waals surface area (Å²) in [5, 5.41) is 0. The van der Waals surface area contributed by atoms with Crippen LogP contribution in [-0.4, -0.2) is 49.8 Å². The number of alkyl halides is 1. The van der Waals surface area contributed by atoms with Gasteiger partial charge in [0.25, 0.3) is 0 Å². The molecule has 0 aliphatic heterocycles. The standard InChI is InChI=1S/C11H23FN2/c1-13(2)9-10-14(3)11(12)7-5-4-6-8-11/h4-10H2,1-3H3. The first-order valence-corrected chi connectivity index (χ1v) is 5.59. The molecule has 0 saturated heterocycles. The number of halogens is 1. The number of rotatable bonds is 4. The lowest BCUT2D eigenvalue weighted by Crippen LogP contribution is -2.46. The Morgan fingerprint density at radius 1 is 1.00 bits per heavy atom. The third-order valence-electron chi connectivity index (χ3n) is 3.19. The number of likely N-dealkylation sites (N-methyl/N-ethyl adjacent to an activating group) is 2. The summed E-state index contributed by atoms with van der Waals surface area (Å²) >= 11 is 0. The number of hydrogen-bond acceptors (Lipinski definition) is 2. The first-order valence-electron chi connectivity index (χ1n) is 5.59. The highest BCUT2D eigenvalue weighted by Gasteiger charge is 2.35. The molecule has 3 heteroatoms. The Labute approximate surface area is 87.1 Å². The molecular formula is C11H23FN2. The molecule has 1 saturated carbocycles. The van der Waals surface area contributed by atoms with Crippen LogP contribution in [-0.2, 0) is 0 Å². The summed E-state index contributed by atoms with van der Waals surface area (Å²) in [7, 11) is 5.97. The fraction of sp³-hybridized carbons (Fsp3) is 1.00. The van der Waals surface area contributed by atoms with Gasteiger partial charge in [0.05, 0.1) is 0 Å². The van der Waals surface area contributed by atoms with Gasteiger partial charge in [0.15, 0.2) is 5.79 Å². The molecule has 0 unspecified atom stereocenters. The summed E-state index contributed by atoms with van der Waals surface area (Å²) in [6.07, 6.45) is 4.73. The summed E-state index contributed by atoms with van der Waals surface area (Å²) in [4.78, 5) is 3.99. The van der Waals surface area contributed by atoms with Crippen molar-refractivity contribution < 1.29 is 4.39 Å². The smallest absolute Gasteiger partial charge is 0.163 e. The Kier molecular flexibility index (Phi) is 4.32. The van der Waals surface area contributed by atoms with Crippen LogP contribution in [0.15, 0.2) is 0 Å². The minimum atomic E-state index is -1.02. The first-order chi connectivity index (χ1) is 6.54. The van der Waals surface area contributed by atoms with Gasteiger partial charge in [0.2, 0.25) is 0 Å². The molecule has 1 rings (SSSR count). The van der Waals surface area contributed by atoms with Crippen LogP contribution in [0, 0.1) is 0 Å². The van der Waals surface area contributed by atoms with Crippen LogP contribution in [0.4, 0.5) is 4.39 Å². The second-order valence-electron chi connectivity index (χ2n) is 4.70. The summed E-state index contributed by atoms with van der Waals surface area (Å²) < 4.78 is 14.3. The molecule has 0 radical (unpaired) electrons.